The molecule has 0 amide bonds. The smallest absolute Gasteiger partial charge is 0.388 e. The number of phosphoric acid groups is 1. The summed E-state index contributed by atoms with van der Waals surface area (Å²) in [5.41, 5.74) is 0. The van der Waals surface area contributed by atoms with Gasteiger partial charge in [0.25, 0.3) is 0 Å². The van der Waals surface area contributed by atoms with E-state index >= 15 is 0 Å². The highest BCUT2D eigenvalue weighted by Crippen LogP contribution is 2.36. The molecular weight excluding hydrogens is 199 g/mol. The molecule has 7 heteroatoms. The fraction of sp³-hybridized carbons (Fsp3) is 1.00. The third-order valence-corrected chi connectivity index (χ3v) is 2.29. The van der Waals surface area contributed by atoms with Crippen molar-refractivity contribution in [2.75, 3.05) is 13.2 Å². The van der Waals surface area contributed by atoms with Gasteiger partial charge in [0.05, 0.1) is 12.7 Å². The maximum absolute atomic E-state index is 10.3. The molecule has 0 aliphatic carbocycles. The molecule has 0 aromatic rings. The number of rotatable bonds is 4. The first-order valence-corrected chi connectivity index (χ1v) is 5.52. The van der Waals surface area contributed by atoms with Gasteiger partial charge < -0.3 is 19.6 Å². The Morgan fingerprint density at radius 2 is 2.31 bits per heavy atom. The Kier molecular flexibility index (Phi) is 3.85. The molecule has 13 heavy (non-hydrogen) atoms. The van der Waals surface area contributed by atoms with Crippen molar-refractivity contribution in [3.8, 4) is 0 Å². The number of phosphoric ester groups is 1. The van der Waals surface area contributed by atoms with E-state index in [0.29, 0.717) is 13.0 Å². The lowest BCUT2D eigenvalue weighted by Crippen LogP contribution is -2.29. The van der Waals surface area contributed by atoms with Crippen LogP contribution in [-0.4, -0.2) is 40.3 Å². The van der Waals surface area contributed by atoms with Gasteiger partial charge in [-0.1, -0.05) is 0 Å². The predicted octanol–water partition coefficient (Wildman–Crippen LogP) is -0.364. The average Bonchev–Trinajstić information content (AvgIpc) is 2.50. The first-order chi connectivity index (χ1) is 5.99. The molecule has 0 saturated carbocycles. The topological polar surface area (TPSA) is 96.2 Å². The molecule has 1 aliphatic rings. The van der Waals surface area contributed by atoms with E-state index in [1.165, 1.54) is 0 Å². The predicted molar refractivity (Wildman–Crippen MR) is 43.0 cm³/mol. The van der Waals surface area contributed by atoms with E-state index < -0.39 is 20.5 Å². The van der Waals surface area contributed by atoms with Crippen LogP contribution in [0.1, 0.15) is 12.8 Å². The zero-order valence-electron chi connectivity index (χ0n) is 7.00. The van der Waals surface area contributed by atoms with Crippen LogP contribution in [0, 0.1) is 0 Å². The summed E-state index contributed by atoms with van der Waals surface area (Å²) in [4.78, 5) is 16.7. The average molecular weight is 212 g/mol. The zero-order valence-corrected chi connectivity index (χ0v) is 7.89. The SMILES string of the molecule is O=P(O)(O)OCC(O)C1CCCO1. The van der Waals surface area contributed by atoms with E-state index in [-0.39, 0.29) is 6.10 Å². The van der Waals surface area contributed by atoms with Gasteiger partial charge in [-0.05, 0) is 12.8 Å². The van der Waals surface area contributed by atoms with Crippen LogP contribution < -0.4 is 0 Å². The summed E-state index contributed by atoms with van der Waals surface area (Å²) < 4.78 is 19.5. The van der Waals surface area contributed by atoms with Crippen LogP contribution in [0.3, 0.4) is 0 Å². The fourth-order valence-corrected chi connectivity index (χ4v) is 1.53. The van der Waals surface area contributed by atoms with Crippen molar-refractivity contribution in [2.24, 2.45) is 0 Å². The van der Waals surface area contributed by atoms with Gasteiger partial charge in [-0.25, -0.2) is 4.57 Å². The van der Waals surface area contributed by atoms with Crippen LogP contribution in [0.2, 0.25) is 0 Å². The number of hydrogen-bond acceptors (Lipinski definition) is 4. The summed E-state index contributed by atoms with van der Waals surface area (Å²) >= 11 is 0. The second-order valence-electron chi connectivity index (χ2n) is 2.91. The second kappa shape index (κ2) is 4.50. The third-order valence-electron chi connectivity index (χ3n) is 1.81. The monoisotopic (exact) mass is 212 g/mol. The van der Waals surface area contributed by atoms with E-state index in [1.807, 2.05) is 0 Å². The second-order valence-corrected chi connectivity index (χ2v) is 4.14. The summed E-state index contributed by atoms with van der Waals surface area (Å²) in [6.45, 7) is 0.187. The van der Waals surface area contributed by atoms with E-state index in [1.54, 1.807) is 0 Å². The summed E-state index contributed by atoms with van der Waals surface area (Å²) in [6.07, 6.45) is 0.241. The Morgan fingerprint density at radius 3 is 2.77 bits per heavy atom. The minimum Gasteiger partial charge on any atom is -0.388 e. The lowest BCUT2D eigenvalue weighted by atomic mass is 10.1. The van der Waals surface area contributed by atoms with Crippen LogP contribution in [0.4, 0.5) is 0 Å². The highest BCUT2D eigenvalue weighted by Gasteiger charge is 2.26. The van der Waals surface area contributed by atoms with Crippen molar-refractivity contribution >= 4 is 7.82 Å². The number of aliphatic hydroxyl groups is 1. The highest BCUT2D eigenvalue weighted by molar-refractivity contribution is 7.46. The van der Waals surface area contributed by atoms with Crippen molar-refractivity contribution in [2.45, 2.75) is 25.0 Å². The van der Waals surface area contributed by atoms with Crippen molar-refractivity contribution in [3.05, 3.63) is 0 Å². The zero-order chi connectivity index (χ0) is 9.90. The molecule has 0 aromatic heterocycles. The van der Waals surface area contributed by atoms with Crippen LogP contribution in [0.25, 0.3) is 0 Å². The number of hydrogen-bond donors (Lipinski definition) is 3. The molecule has 1 fully saturated rings. The molecule has 0 aromatic carbocycles. The Morgan fingerprint density at radius 1 is 1.62 bits per heavy atom. The van der Waals surface area contributed by atoms with Gasteiger partial charge in [0.2, 0.25) is 0 Å². The first kappa shape index (κ1) is 11.1. The number of aliphatic hydroxyl groups excluding tert-OH is 1. The summed E-state index contributed by atoms with van der Waals surface area (Å²) in [5.74, 6) is 0. The first-order valence-electron chi connectivity index (χ1n) is 3.99. The third kappa shape index (κ3) is 4.17. The maximum Gasteiger partial charge on any atom is 0.469 e. The van der Waals surface area contributed by atoms with Crippen molar-refractivity contribution in [3.63, 3.8) is 0 Å². The normalized spacial score (nSPS) is 26.2. The van der Waals surface area contributed by atoms with Crippen LogP contribution in [-0.2, 0) is 13.8 Å². The summed E-state index contributed by atoms with van der Waals surface area (Å²) in [6, 6.07) is 0. The Labute approximate surface area is 75.7 Å². The molecule has 0 bridgehead atoms. The Hall–Kier alpha value is 0.0300. The van der Waals surface area contributed by atoms with Gasteiger partial charge in [-0.3, -0.25) is 4.52 Å². The Bertz CT molecular complexity index is 195. The molecule has 0 radical (unpaired) electrons. The van der Waals surface area contributed by atoms with Gasteiger partial charge >= 0.3 is 7.82 Å². The minimum atomic E-state index is -4.48. The van der Waals surface area contributed by atoms with Crippen molar-refractivity contribution < 1.29 is 28.7 Å². The quantitative estimate of drug-likeness (QED) is 0.550. The molecule has 1 aliphatic heterocycles. The molecule has 1 heterocycles. The molecule has 1 saturated heterocycles. The largest absolute Gasteiger partial charge is 0.469 e. The lowest BCUT2D eigenvalue weighted by molar-refractivity contribution is -0.0277. The van der Waals surface area contributed by atoms with Gasteiger partial charge in [-0.15, -0.1) is 0 Å². The van der Waals surface area contributed by atoms with Gasteiger partial charge in [-0.2, -0.15) is 0 Å². The number of ether oxygens (including phenoxy) is 1. The maximum atomic E-state index is 10.3. The highest BCUT2D eigenvalue weighted by atomic mass is 31.2. The van der Waals surface area contributed by atoms with Gasteiger partial charge in [0, 0.05) is 6.61 Å². The van der Waals surface area contributed by atoms with Crippen LogP contribution in [0.15, 0.2) is 0 Å². The van der Waals surface area contributed by atoms with Crippen molar-refractivity contribution in [1.82, 2.24) is 0 Å². The van der Waals surface area contributed by atoms with E-state index in [2.05, 4.69) is 4.52 Å². The molecule has 3 N–H and O–H groups in total. The Balaban J connectivity index is 2.24. The molecule has 2 unspecified atom stereocenters. The van der Waals surface area contributed by atoms with Gasteiger partial charge in [0.15, 0.2) is 0 Å². The molecule has 0 spiro atoms. The molecule has 2 atom stereocenters. The van der Waals surface area contributed by atoms with E-state index in [0.717, 1.165) is 6.42 Å². The van der Waals surface area contributed by atoms with Gasteiger partial charge in [0.1, 0.15) is 6.10 Å². The molecule has 1 rings (SSSR count). The van der Waals surface area contributed by atoms with E-state index in [9.17, 15) is 9.67 Å². The molecule has 78 valence electrons. The molecular formula is C6H13O6P. The fourth-order valence-electron chi connectivity index (χ4n) is 1.19. The standard InChI is InChI=1S/C6H13O6P/c7-5(4-12-13(8,9)10)6-2-1-3-11-6/h5-7H,1-4H2,(H2,8,9,10). The van der Waals surface area contributed by atoms with E-state index in [4.69, 9.17) is 14.5 Å². The van der Waals surface area contributed by atoms with Crippen LogP contribution in [0.5, 0.6) is 0 Å². The van der Waals surface area contributed by atoms with Crippen LogP contribution >= 0.6 is 7.82 Å². The molecule has 6 nitrogen and oxygen atoms in total. The minimum absolute atomic E-state index is 0.355. The summed E-state index contributed by atoms with van der Waals surface area (Å²) in [5, 5.41) is 9.32. The van der Waals surface area contributed by atoms with Crippen molar-refractivity contribution in [1.29, 1.82) is 0 Å². The summed E-state index contributed by atoms with van der Waals surface area (Å²) in [7, 11) is -4.48. The lowest BCUT2D eigenvalue weighted by Gasteiger charge is -2.17.